The van der Waals surface area contributed by atoms with Gasteiger partial charge in [0, 0.05) is 30.3 Å². The van der Waals surface area contributed by atoms with Crippen molar-refractivity contribution < 1.29 is 23.7 Å². The highest BCUT2D eigenvalue weighted by Gasteiger charge is 2.21. The van der Waals surface area contributed by atoms with Crippen molar-refractivity contribution in [2.45, 2.75) is 0 Å². The van der Waals surface area contributed by atoms with Crippen LogP contribution in [0.3, 0.4) is 0 Å². The number of rotatable bonds is 5. The van der Waals surface area contributed by atoms with E-state index in [-0.39, 0.29) is 6.79 Å². The van der Waals surface area contributed by atoms with Gasteiger partial charge < -0.3 is 29.0 Å². The normalized spacial score (nSPS) is 11.4. The van der Waals surface area contributed by atoms with E-state index in [4.69, 9.17) is 23.7 Å². The van der Waals surface area contributed by atoms with E-state index in [2.05, 4.69) is 28.2 Å². The van der Waals surface area contributed by atoms with Crippen LogP contribution in [0.15, 0.2) is 30.5 Å². The van der Waals surface area contributed by atoms with Crippen LogP contribution in [0.5, 0.6) is 23.0 Å². The summed E-state index contributed by atoms with van der Waals surface area (Å²) in [6, 6.07) is 9.37. The Morgan fingerprint density at radius 2 is 1.90 bits per heavy atom. The van der Waals surface area contributed by atoms with Gasteiger partial charge in [0.2, 0.25) is 6.79 Å². The first-order chi connectivity index (χ1) is 15.2. The second-order valence-corrected chi connectivity index (χ2v) is 6.50. The lowest BCUT2D eigenvalue weighted by Gasteiger charge is -2.15. The molecule has 31 heavy (non-hydrogen) atoms. The highest BCUT2D eigenvalue weighted by Crippen LogP contribution is 2.43. The zero-order valence-corrected chi connectivity index (χ0v) is 17.2. The van der Waals surface area contributed by atoms with Crippen LogP contribution in [0.2, 0.25) is 0 Å². The molecule has 0 radical (unpaired) electrons. The highest BCUT2D eigenvalue weighted by molar-refractivity contribution is 5.98. The van der Waals surface area contributed by atoms with Crippen LogP contribution in [0.4, 0.5) is 11.4 Å². The number of hydrogen-bond acceptors (Lipinski definition) is 8. The van der Waals surface area contributed by atoms with Gasteiger partial charge >= 0.3 is 0 Å². The van der Waals surface area contributed by atoms with Gasteiger partial charge in [-0.25, -0.2) is 0 Å². The number of methoxy groups -OCH3 is 3. The fraction of sp³-hybridized carbons (Fsp3) is 0.217. The molecular weight excluding hydrogens is 398 g/mol. The fourth-order valence-corrected chi connectivity index (χ4v) is 3.26. The molecule has 0 spiro atoms. The topological polar surface area (TPSA) is 94.9 Å². The zero-order chi connectivity index (χ0) is 21.8. The number of hydrogen-bond donors (Lipinski definition) is 1. The lowest BCUT2D eigenvalue weighted by atomic mass is 10.1. The van der Waals surface area contributed by atoms with Gasteiger partial charge in [0.05, 0.1) is 36.7 Å². The summed E-state index contributed by atoms with van der Waals surface area (Å²) in [5.74, 6) is 8.15. The van der Waals surface area contributed by atoms with Crippen LogP contribution in [0, 0.1) is 23.2 Å². The lowest BCUT2D eigenvalue weighted by Crippen LogP contribution is -2.00. The summed E-state index contributed by atoms with van der Waals surface area (Å²) in [6.07, 6.45) is 1.51. The Balaban J connectivity index is 1.87. The number of aromatic nitrogens is 1. The van der Waals surface area contributed by atoms with E-state index in [1.54, 1.807) is 39.5 Å². The minimum atomic E-state index is 0.103. The van der Waals surface area contributed by atoms with Gasteiger partial charge in [0.25, 0.3) is 0 Å². The standard InChI is InChI=1S/C23H19N3O5/c1-27-6-4-5-14-7-18(23-21(8-14)30-13-31-23)26-22-15(11-24)12-25-17-10-20(29-3)19(28-2)9-16(17)22/h7-10,12H,6,13H2,1-3H3,(H,25,26). The first kappa shape index (κ1) is 20.1. The number of fused-ring (bicyclic) bond motifs is 2. The first-order valence-electron chi connectivity index (χ1n) is 9.31. The molecule has 8 heteroatoms. The van der Waals surface area contributed by atoms with Gasteiger partial charge in [-0.2, -0.15) is 5.26 Å². The van der Waals surface area contributed by atoms with Gasteiger partial charge in [0.15, 0.2) is 23.0 Å². The summed E-state index contributed by atoms with van der Waals surface area (Å²) in [5.41, 5.74) is 2.91. The second kappa shape index (κ2) is 8.70. The first-order valence-corrected chi connectivity index (χ1v) is 9.31. The third kappa shape index (κ3) is 3.85. The van der Waals surface area contributed by atoms with E-state index >= 15 is 0 Å². The van der Waals surface area contributed by atoms with Crippen molar-refractivity contribution in [3.8, 4) is 40.9 Å². The molecule has 0 amide bonds. The number of nitrogens with zero attached hydrogens (tertiary/aromatic N) is 2. The smallest absolute Gasteiger partial charge is 0.231 e. The summed E-state index contributed by atoms with van der Waals surface area (Å²) < 4.78 is 27.0. The van der Waals surface area contributed by atoms with Gasteiger partial charge in [0.1, 0.15) is 12.7 Å². The van der Waals surface area contributed by atoms with Crippen LogP contribution < -0.4 is 24.3 Å². The van der Waals surface area contributed by atoms with Crippen LogP contribution >= 0.6 is 0 Å². The van der Waals surface area contributed by atoms with Gasteiger partial charge in [-0.3, -0.25) is 4.98 Å². The van der Waals surface area contributed by atoms with Crippen molar-refractivity contribution >= 4 is 22.3 Å². The molecule has 3 aromatic rings. The number of anilines is 2. The summed E-state index contributed by atoms with van der Waals surface area (Å²) in [4.78, 5) is 4.39. The van der Waals surface area contributed by atoms with Crippen LogP contribution in [0.1, 0.15) is 11.1 Å². The molecule has 0 bridgehead atoms. The third-order valence-electron chi connectivity index (χ3n) is 4.68. The molecule has 4 rings (SSSR count). The Hall–Kier alpha value is -4.14. The number of nitrogens with one attached hydrogen (secondary N) is 1. The average Bonchev–Trinajstić information content (AvgIpc) is 3.27. The van der Waals surface area contributed by atoms with Crippen LogP contribution in [-0.4, -0.2) is 39.7 Å². The molecule has 0 saturated carbocycles. The Kier molecular flexibility index (Phi) is 5.65. The van der Waals surface area contributed by atoms with Crippen molar-refractivity contribution in [2.24, 2.45) is 0 Å². The van der Waals surface area contributed by atoms with Gasteiger partial charge in [-0.05, 0) is 18.2 Å². The molecule has 8 nitrogen and oxygen atoms in total. The minimum Gasteiger partial charge on any atom is -0.493 e. The summed E-state index contributed by atoms with van der Waals surface area (Å²) >= 11 is 0. The van der Waals surface area contributed by atoms with Crippen molar-refractivity contribution in [1.82, 2.24) is 4.98 Å². The molecule has 0 fully saturated rings. The molecule has 0 atom stereocenters. The highest BCUT2D eigenvalue weighted by atomic mass is 16.7. The fourth-order valence-electron chi connectivity index (χ4n) is 3.26. The Labute approximate surface area is 179 Å². The number of ether oxygens (including phenoxy) is 5. The molecule has 0 unspecified atom stereocenters. The van der Waals surface area contributed by atoms with Crippen molar-refractivity contribution in [1.29, 1.82) is 5.26 Å². The second-order valence-electron chi connectivity index (χ2n) is 6.50. The Bertz CT molecular complexity index is 1250. The summed E-state index contributed by atoms with van der Waals surface area (Å²) in [7, 11) is 4.70. The Morgan fingerprint density at radius 3 is 2.65 bits per heavy atom. The molecule has 0 saturated heterocycles. The predicted octanol–water partition coefficient (Wildman–Crippen LogP) is 3.59. The van der Waals surface area contributed by atoms with Crippen LogP contribution in [-0.2, 0) is 4.74 Å². The molecule has 1 N–H and O–H groups in total. The third-order valence-corrected chi connectivity index (χ3v) is 4.68. The number of pyridine rings is 1. The van der Waals surface area contributed by atoms with Crippen LogP contribution in [0.25, 0.3) is 10.9 Å². The Morgan fingerprint density at radius 1 is 1.10 bits per heavy atom. The van der Waals surface area contributed by atoms with Gasteiger partial charge in [-0.1, -0.05) is 11.8 Å². The average molecular weight is 417 g/mol. The summed E-state index contributed by atoms with van der Waals surface area (Å²) in [6.45, 7) is 0.415. The maximum Gasteiger partial charge on any atom is 0.231 e. The van der Waals surface area contributed by atoms with E-state index in [0.29, 0.717) is 57.4 Å². The monoisotopic (exact) mass is 417 g/mol. The predicted molar refractivity (Wildman–Crippen MR) is 114 cm³/mol. The molecule has 1 aliphatic heterocycles. The number of nitriles is 1. The maximum atomic E-state index is 9.70. The SMILES string of the molecule is COCC#Cc1cc(Nc2c(C#N)cnc3cc(OC)c(OC)cc23)c2c(c1)OCO2. The zero-order valence-electron chi connectivity index (χ0n) is 17.2. The molecule has 156 valence electrons. The molecule has 1 aliphatic rings. The molecule has 2 aromatic carbocycles. The van der Waals surface area contributed by atoms with Crippen molar-refractivity contribution in [2.75, 3.05) is 40.0 Å². The molecule has 1 aromatic heterocycles. The summed E-state index contributed by atoms with van der Waals surface area (Å²) in [5, 5.41) is 13.7. The lowest BCUT2D eigenvalue weighted by molar-refractivity contribution is 0.174. The maximum absolute atomic E-state index is 9.70. The largest absolute Gasteiger partial charge is 0.493 e. The molecule has 2 heterocycles. The van der Waals surface area contributed by atoms with Gasteiger partial charge in [-0.15, -0.1) is 0 Å². The minimum absolute atomic E-state index is 0.103. The number of benzene rings is 2. The van der Waals surface area contributed by atoms with E-state index in [0.717, 1.165) is 5.56 Å². The van der Waals surface area contributed by atoms with Crippen molar-refractivity contribution in [3.63, 3.8) is 0 Å². The van der Waals surface area contributed by atoms with E-state index in [1.807, 2.05) is 6.07 Å². The molecule has 0 aliphatic carbocycles. The van der Waals surface area contributed by atoms with E-state index in [9.17, 15) is 5.26 Å². The van der Waals surface area contributed by atoms with Crippen molar-refractivity contribution in [3.05, 3.63) is 41.6 Å². The quantitative estimate of drug-likeness (QED) is 0.630. The van der Waals surface area contributed by atoms with E-state index < -0.39 is 0 Å². The molecular formula is C23H19N3O5. The van der Waals surface area contributed by atoms with E-state index in [1.165, 1.54) is 6.20 Å².